The summed E-state index contributed by atoms with van der Waals surface area (Å²) in [6.07, 6.45) is 3.68. The maximum atomic E-state index is 11.6. The Morgan fingerprint density at radius 2 is 1.81 bits per heavy atom. The highest BCUT2D eigenvalue weighted by molar-refractivity contribution is 5.74. The minimum atomic E-state index is -0.816. The molecule has 0 saturated carbocycles. The Hall–Kier alpha value is -1.46. The van der Waals surface area contributed by atoms with Gasteiger partial charge in [0.05, 0.1) is 6.54 Å². The summed E-state index contributed by atoms with van der Waals surface area (Å²) in [4.78, 5) is 23.7. The summed E-state index contributed by atoms with van der Waals surface area (Å²) in [5.41, 5.74) is 4.79. The topological polar surface area (TPSA) is 84.7 Å². The van der Waals surface area contributed by atoms with Gasteiger partial charge in [-0.25, -0.2) is 9.59 Å². The molecule has 1 aliphatic heterocycles. The van der Waals surface area contributed by atoms with Crippen molar-refractivity contribution < 1.29 is 14.3 Å². The smallest absolute Gasteiger partial charge is 0.404 e. The van der Waals surface area contributed by atoms with E-state index in [4.69, 9.17) is 5.73 Å². The van der Waals surface area contributed by atoms with Crippen LogP contribution >= 0.6 is 0 Å². The second-order valence-corrected chi connectivity index (χ2v) is 3.80. The average Bonchev–Trinajstić information content (AvgIpc) is 2.52. The second kappa shape index (κ2) is 6.92. The molecule has 0 spiro atoms. The third-order valence-electron chi connectivity index (χ3n) is 2.52. The fraction of sp³-hybridized carbons (Fsp3) is 0.800. The lowest BCUT2D eigenvalue weighted by atomic mass is 10.2. The summed E-state index contributed by atoms with van der Waals surface area (Å²) in [5.74, 6) is 0. The molecular weight excluding hydrogens is 210 g/mol. The van der Waals surface area contributed by atoms with Crippen LogP contribution < -0.4 is 11.1 Å². The van der Waals surface area contributed by atoms with Gasteiger partial charge in [0.25, 0.3) is 0 Å². The Morgan fingerprint density at radius 3 is 2.38 bits per heavy atom. The number of hydrogen-bond donors (Lipinski definition) is 2. The molecule has 0 atom stereocenters. The van der Waals surface area contributed by atoms with Gasteiger partial charge in [0.1, 0.15) is 6.61 Å². The van der Waals surface area contributed by atoms with Crippen molar-refractivity contribution in [2.75, 3.05) is 26.2 Å². The molecule has 1 heterocycles. The van der Waals surface area contributed by atoms with Gasteiger partial charge in [-0.1, -0.05) is 12.8 Å². The Bertz CT molecular complexity index is 237. The predicted molar refractivity (Wildman–Crippen MR) is 59.0 cm³/mol. The number of ether oxygens (including phenoxy) is 1. The number of nitrogens with two attached hydrogens (primary N) is 1. The standard InChI is InChI=1S/C10H19N3O3/c11-9(14)16-8-5-12-10(15)13-6-3-1-2-4-7-13/h1-8H2,(H2,11,14)(H,12,15). The van der Waals surface area contributed by atoms with Crippen LogP contribution in [0.1, 0.15) is 25.7 Å². The van der Waals surface area contributed by atoms with Crippen LogP contribution in [-0.4, -0.2) is 43.3 Å². The highest BCUT2D eigenvalue weighted by atomic mass is 16.5. The van der Waals surface area contributed by atoms with Gasteiger partial charge < -0.3 is 20.7 Å². The lowest BCUT2D eigenvalue weighted by Gasteiger charge is -2.20. The number of nitrogens with one attached hydrogen (secondary N) is 1. The highest BCUT2D eigenvalue weighted by Gasteiger charge is 2.14. The first-order chi connectivity index (χ1) is 7.70. The fourth-order valence-electron chi connectivity index (χ4n) is 1.70. The summed E-state index contributed by atoms with van der Waals surface area (Å²) in [6, 6.07) is -0.0880. The van der Waals surface area contributed by atoms with Gasteiger partial charge in [-0.15, -0.1) is 0 Å². The molecule has 0 aromatic heterocycles. The molecule has 0 radical (unpaired) electrons. The maximum absolute atomic E-state index is 11.6. The van der Waals surface area contributed by atoms with Crippen LogP contribution in [0.4, 0.5) is 9.59 Å². The number of urea groups is 1. The van der Waals surface area contributed by atoms with E-state index < -0.39 is 6.09 Å². The van der Waals surface area contributed by atoms with E-state index in [1.165, 1.54) is 12.8 Å². The van der Waals surface area contributed by atoms with E-state index in [1.807, 2.05) is 0 Å². The van der Waals surface area contributed by atoms with E-state index in [2.05, 4.69) is 10.1 Å². The van der Waals surface area contributed by atoms with Crippen LogP contribution in [0, 0.1) is 0 Å². The molecule has 1 rings (SSSR count). The molecule has 6 heteroatoms. The molecule has 3 N–H and O–H groups in total. The largest absolute Gasteiger partial charge is 0.448 e. The van der Waals surface area contributed by atoms with Crippen LogP contribution in [0.25, 0.3) is 0 Å². The van der Waals surface area contributed by atoms with Crippen LogP contribution in [-0.2, 0) is 4.74 Å². The van der Waals surface area contributed by atoms with Gasteiger partial charge in [0.15, 0.2) is 0 Å². The van der Waals surface area contributed by atoms with Gasteiger partial charge in [-0.3, -0.25) is 0 Å². The lowest BCUT2D eigenvalue weighted by molar-refractivity contribution is 0.154. The SMILES string of the molecule is NC(=O)OCCNC(=O)N1CCCCCC1. The molecule has 3 amide bonds. The van der Waals surface area contributed by atoms with E-state index >= 15 is 0 Å². The zero-order valence-electron chi connectivity index (χ0n) is 9.41. The van der Waals surface area contributed by atoms with Gasteiger partial charge >= 0.3 is 12.1 Å². The van der Waals surface area contributed by atoms with Crippen molar-refractivity contribution in [3.8, 4) is 0 Å². The number of carbonyl (C=O) groups excluding carboxylic acids is 2. The van der Waals surface area contributed by atoms with Crippen molar-refractivity contribution in [3.05, 3.63) is 0 Å². The number of hydrogen-bond acceptors (Lipinski definition) is 3. The Kier molecular flexibility index (Phi) is 5.45. The third-order valence-corrected chi connectivity index (χ3v) is 2.52. The van der Waals surface area contributed by atoms with Crippen molar-refractivity contribution in [3.63, 3.8) is 0 Å². The zero-order chi connectivity index (χ0) is 11.8. The summed E-state index contributed by atoms with van der Waals surface area (Å²) < 4.78 is 4.51. The Morgan fingerprint density at radius 1 is 1.19 bits per heavy atom. The first-order valence-corrected chi connectivity index (χ1v) is 5.65. The quantitative estimate of drug-likeness (QED) is 0.697. The monoisotopic (exact) mass is 229 g/mol. The first kappa shape index (κ1) is 12.6. The number of amides is 3. The molecule has 1 saturated heterocycles. The predicted octanol–water partition coefficient (Wildman–Crippen LogP) is 0.667. The maximum Gasteiger partial charge on any atom is 0.404 e. The van der Waals surface area contributed by atoms with Crippen molar-refractivity contribution in [1.82, 2.24) is 10.2 Å². The molecule has 0 aliphatic carbocycles. The third kappa shape index (κ3) is 4.86. The van der Waals surface area contributed by atoms with Crippen molar-refractivity contribution in [2.24, 2.45) is 5.73 Å². The van der Waals surface area contributed by atoms with Crippen molar-refractivity contribution >= 4 is 12.1 Å². The van der Waals surface area contributed by atoms with E-state index in [0.717, 1.165) is 25.9 Å². The fourth-order valence-corrected chi connectivity index (χ4v) is 1.70. The molecule has 16 heavy (non-hydrogen) atoms. The van der Waals surface area contributed by atoms with Crippen LogP contribution in [0.5, 0.6) is 0 Å². The van der Waals surface area contributed by atoms with Crippen LogP contribution in [0.2, 0.25) is 0 Å². The summed E-state index contributed by atoms with van der Waals surface area (Å²) in [5, 5.41) is 2.69. The Balaban J connectivity index is 2.15. The summed E-state index contributed by atoms with van der Waals surface area (Å²) in [7, 11) is 0. The molecule has 0 aromatic carbocycles. The lowest BCUT2D eigenvalue weighted by Crippen LogP contribution is -2.41. The van der Waals surface area contributed by atoms with Gasteiger partial charge in [0, 0.05) is 13.1 Å². The first-order valence-electron chi connectivity index (χ1n) is 5.65. The number of primary amides is 1. The molecule has 0 bridgehead atoms. The number of nitrogens with zero attached hydrogens (tertiary/aromatic N) is 1. The summed E-state index contributed by atoms with van der Waals surface area (Å²) in [6.45, 7) is 2.04. The van der Waals surface area contributed by atoms with Crippen molar-refractivity contribution in [1.29, 1.82) is 0 Å². The molecule has 1 aliphatic rings. The summed E-state index contributed by atoms with van der Waals surface area (Å²) >= 11 is 0. The van der Waals surface area contributed by atoms with E-state index in [9.17, 15) is 9.59 Å². The number of rotatable bonds is 3. The molecule has 0 aromatic rings. The van der Waals surface area contributed by atoms with Gasteiger partial charge in [-0.2, -0.15) is 0 Å². The number of likely N-dealkylation sites (tertiary alicyclic amines) is 1. The van der Waals surface area contributed by atoms with Crippen LogP contribution in [0.3, 0.4) is 0 Å². The van der Waals surface area contributed by atoms with E-state index in [1.54, 1.807) is 4.90 Å². The van der Waals surface area contributed by atoms with Gasteiger partial charge in [0.2, 0.25) is 0 Å². The molecule has 1 fully saturated rings. The van der Waals surface area contributed by atoms with E-state index in [0.29, 0.717) is 6.54 Å². The molecule has 0 unspecified atom stereocenters. The average molecular weight is 229 g/mol. The number of carbonyl (C=O) groups is 2. The Labute approximate surface area is 95.1 Å². The van der Waals surface area contributed by atoms with Crippen molar-refractivity contribution in [2.45, 2.75) is 25.7 Å². The van der Waals surface area contributed by atoms with E-state index in [-0.39, 0.29) is 12.6 Å². The highest BCUT2D eigenvalue weighted by Crippen LogP contribution is 2.09. The molecule has 6 nitrogen and oxygen atoms in total. The minimum absolute atomic E-state index is 0.0880. The second-order valence-electron chi connectivity index (χ2n) is 3.80. The van der Waals surface area contributed by atoms with Crippen LogP contribution in [0.15, 0.2) is 0 Å². The molecule has 92 valence electrons. The zero-order valence-corrected chi connectivity index (χ0v) is 9.41. The molecular formula is C10H19N3O3. The minimum Gasteiger partial charge on any atom is -0.448 e. The normalized spacial score (nSPS) is 16.4. The van der Waals surface area contributed by atoms with Gasteiger partial charge in [-0.05, 0) is 12.8 Å².